The predicted molar refractivity (Wildman–Crippen MR) is 80.0 cm³/mol. The molecule has 20 heavy (non-hydrogen) atoms. The van der Waals surface area contributed by atoms with Crippen LogP contribution >= 0.6 is 11.6 Å². The van der Waals surface area contributed by atoms with Gasteiger partial charge in [0.15, 0.2) is 0 Å². The fourth-order valence-electron chi connectivity index (χ4n) is 2.05. The third kappa shape index (κ3) is 3.26. The van der Waals surface area contributed by atoms with Crippen molar-refractivity contribution in [1.29, 1.82) is 0 Å². The summed E-state index contributed by atoms with van der Waals surface area (Å²) in [5.41, 5.74) is 0.694. The molecule has 1 heterocycles. The second-order valence-corrected chi connectivity index (χ2v) is 5.71. The van der Waals surface area contributed by atoms with Crippen molar-refractivity contribution < 1.29 is 9.90 Å². The molecule has 0 saturated carbocycles. The first-order valence-corrected chi connectivity index (χ1v) is 6.79. The molecule has 2 N–H and O–H groups in total. The minimum absolute atomic E-state index is 0.0190. The van der Waals surface area contributed by atoms with E-state index in [0.717, 1.165) is 5.39 Å². The second-order valence-electron chi connectivity index (χ2n) is 5.32. The molecule has 4 nitrogen and oxygen atoms in total. The highest BCUT2D eigenvalue weighted by Crippen LogP contribution is 2.21. The molecule has 0 saturated heterocycles. The molecule has 0 aliphatic rings. The van der Waals surface area contributed by atoms with E-state index in [1.807, 2.05) is 38.1 Å². The highest BCUT2D eigenvalue weighted by atomic mass is 35.5. The Bertz CT molecular complexity index is 641. The first kappa shape index (κ1) is 14.8. The van der Waals surface area contributed by atoms with Gasteiger partial charge in [-0.2, -0.15) is 0 Å². The maximum absolute atomic E-state index is 12.4. The number of pyridine rings is 1. The summed E-state index contributed by atoms with van der Waals surface area (Å²) in [5, 5.41) is 13.0. The van der Waals surface area contributed by atoms with E-state index in [9.17, 15) is 4.79 Å². The Morgan fingerprint density at radius 3 is 2.80 bits per heavy atom. The largest absolute Gasteiger partial charge is 0.396 e. The van der Waals surface area contributed by atoms with Crippen molar-refractivity contribution in [2.45, 2.75) is 25.8 Å². The Morgan fingerprint density at radius 1 is 1.40 bits per heavy atom. The molecule has 0 aliphatic carbocycles. The SMILES string of the molecule is CC(C)(CCO)NC(=O)c1cc(Cl)nc2ccccc12. The quantitative estimate of drug-likeness (QED) is 0.852. The molecule has 106 valence electrons. The lowest BCUT2D eigenvalue weighted by Gasteiger charge is -2.25. The molecular formula is C15H17ClN2O2. The normalized spacial score (nSPS) is 11.6. The number of carbonyl (C=O) groups is 1. The van der Waals surface area contributed by atoms with Crippen molar-refractivity contribution in [2.24, 2.45) is 0 Å². The first-order chi connectivity index (χ1) is 9.43. The van der Waals surface area contributed by atoms with Crippen LogP contribution in [0.2, 0.25) is 5.15 Å². The zero-order valence-corrected chi connectivity index (χ0v) is 12.2. The minimum Gasteiger partial charge on any atom is -0.396 e. The molecule has 2 aromatic rings. The highest BCUT2D eigenvalue weighted by molar-refractivity contribution is 6.30. The van der Waals surface area contributed by atoms with Crippen LogP contribution in [0.5, 0.6) is 0 Å². The van der Waals surface area contributed by atoms with E-state index in [4.69, 9.17) is 16.7 Å². The zero-order chi connectivity index (χ0) is 14.8. The molecular weight excluding hydrogens is 276 g/mol. The third-order valence-electron chi connectivity index (χ3n) is 3.12. The fourth-order valence-corrected chi connectivity index (χ4v) is 2.25. The summed E-state index contributed by atoms with van der Waals surface area (Å²) < 4.78 is 0. The molecule has 1 aromatic carbocycles. The smallest absolute Gasteiger partial charge is 0.252 e. The monoisotopic (exact) mass is 292 g/mol. The zero-order valence-electron chi connectivity index (χ0n) is 11.5. The van der Waals surface area contributed by atoms with E-state index in [1.165, 1.54) is 0 Å². The number of para-hydroxylation sites is 1. The lowest BCUT2D eigenvalue weighted by Crippen LogP contribution is -2.44. The molecule has 1 amide bonds. The topological polar surface area (TPSA) is 62.2 Å². The van der Waals surface area contributed by atoms with Crippen LogP contribution in [0, 0.1) is 0 Å². The van der Waals surface area contributed by atoms with Gasteiger partial charge in [-0.25, -0.2) is 4.98 Å². The summed E-state index contributed by atoms with van der Waals surface area (Å²) in [6.07, 6.45) is 0.482. The van der Waals surface area contributed by atoms with Gasteiger partial charge in [0, 0.05) is 17.5 Å². The second kappa shape index (κ2) is 5.77. The number of amides is 1. The molecule has 1 aromatic heterocycles. The van der Waals surface area contributed by atoms with Crippen molar-refractivity contribution in [1.82, 2.24) is 10.3 Å². The van der Waals surface area contributed by atoms with E-state index in [1.54, 1.807) is 6.07 Å². The van der Waals surface area contributed by atoms with Crippen molar-refractivity contribution in [3.63, 3.8) is 0 Å². The first-order valence-electron chi connectivity index (χ1n) is 6.41. The van der Waals surface area contributed by atoms with Gasteiger partial charge >= 0.3 is 0 Å². The number of carbonyl (C=O) groups excluding carboxylic acids is 1. The van der Waals surface area contributed by atoms with Gasteiger partial charge in [0.25, 0.3) is 5.91 Å². The predicted octanol–water partition coefficient (Wildman–Crippen LogP) is 2.78. The number of rotatable bonds is 4. The average Bonchev–Trinajstić information content (AvgIpc) is 2.36. The lowest BCUT2D eigenvalue weighted by molar-refractivity contribution is 0.0901. The van der Waals surface area contributed by atoms with Gasteiger partial charge in [-0.15, -0.1) is 0 Å². The summed E-state index contributed by atoms with van der Waals surface area (Å²) >= 11 is 5.97. The van der Waals surface area contributed by atoms with Crippen LogP contribution in [-0.2, 0) is 0 Å². The van der Waals surface area contributed by atoms with E-state index in [-0.39, 0.29) is 17.7 Å². The Hall–Kier alpha value is -1.65. The number of nitrogens with zero attached hydrogens (tertiary/aromatic N) is 1. The Morgan fingerprint density at radius 2 is 2.10 bits per heavy atom. The van der Waals surface area contributed by atoms with E-state index >= 15 is 0 Å². The Balaban J connectivity index is 2.39. The number of aliphatic hydroxyl groups is 1. The summed E-state index contributed by atoms with van der Waals surface area (Å²) in [6, 6.07) is 8.92. The third-order valence-corrected chi connectivity index (χ3v) is 3.31. The van der Waals surface area contributed by atoms with Crippen molar-refractivity contribution in [3.8, 4) is 0 Å². The molecule has 0 bridgehead atoms. The molecule has 0 atom stereocenters. The van der Waals surface area contributed by atoms with Gasteiger partial charge in [-0.3, -0.25) is 4.79 Å². The highest BCUT2D eigenvalue weighted by Gasteiger charge is 2.22. The van der Waals surface area contributed by atoms with Crippen LogP contribution < -0.4 is 5.32 Å². The number of nitrogens with one attached hydrogen (secondary N) is 1. The summed E-state index contributed by atoms with van der Waals surface area (Å²) in [5.74, 6) is -0.219. The van der Waals surface area contributed by atoms with Gasteiger partial charge in [0.05, 0.1) is 11.1 Å². The van der Waals surface area contributed by atoms with Crippen LogP contribution in [-0.4, -0.2) is 28.1 Å². The standard InChI is InChI=1S/C15H17ClN2O2/c1-15(2,7-8-19)18-14(20)11-9-13(16)17-12-6-4-3-5-10(11)12/h3-6,9,19H,7-8H2,1-2H3,(H,18,20). The van der Waals surface area contributed by atoms with Crippen LogP contribution in [0.1, 0.15) is 30.6 Å². The van der Waals surface area contributed by atoms with Crippen LogP contribution in [0.4, 0.5) is 0 Å². The number of hydrogen-bond donors (Lipinski definition) is 2. The van der Waals surface area contributed by atoms with E-state index in [0.29, 0.717) is 17.5 Å². The minimum atomic E-state index is -0.483. The number of hydrogen-bond acceptors (Lipinski definition) is 3. The molecule has 0 unspecified atom stereocenters. The van der Waals surface area contributed by atoms with Gasteiger partial charge in [-0.1, -0.05) is 29.8 Å². The van der Waals surface area contributed by atoms with E-state index < -0.39 is 5.54 Å². The summed E-state index contributed by atoms with van der Waals surface area (Å²) in [6.45, 7) is 3.75. The molecule has 5 heteroatoms. The number of aromatic nitrogens is 1. The lowest BCUT2D eigenvalue weighted by atomic mass is 10.00. The number of fused-ring (bicyclic) bond motifs is 1. The maximum Gasteiger partial charge on any atom is 0.252 e. The van der Waals surface area contributed by atoms with Crippen LogP contribution in [0.15, 0.2) is 30.3 Å². The van der Waals surface area contributed by atoms with Crippen molar-refractivity contribution in [3.05, 3.63) is 41.0 Å². The average molecular weight is 293 g/mol. The molecule has 0 spiro atoms. The number of benzene rings is 1. The van der Waals surface area contributed by atoms with Crippen molar-refractivity contribution in [2.75, 3.05) is 6.61 Å². The number of halogens is 1. The summed E-state index contributed by atoms with van der Waals surface area (Å²) in [4.78, 5) is 16.6. The Kier molecular flexibility index (Phi) is 4.26. The van der Waals surface area contributed by atoms with Gasteiger partial charge in [0.1, 0.15) is 5.15 Å². The maximum atomic E-state index is 12.4. The molecule has 0 fully saturated rings. The van der Waals surface area contributed by atoms with Gasteiger partial charge in [0.2, 0.25) is 0 Å². The van der Waals surface area contributed by atoms with Crippen LogP contribution in [0.25, 0.3) is 10.9 Å². The molecule has 0 aliphatic heterocycles. The van der Waals surface area contributed by atoms with E-state index in [2.05, 4.69) is 10.3 Å². The van der Waals surface area contributed by atoms with Crippen LogP contribution in [0.3, 0.4) is 0 Å². The number of aliphatic hydroxyl groups excluding tert-OH is 1. The van der Waals surface area contributed by atoms with Gasteiger partial charge in [-0.05, 0) is 32.4 Å². The molecule has 0 radical (unpaired) electrons. The summed E-state index contributed by atoms with van der Waals surface area (Å²) in [7, 11) is 0. The van der Waals surface area contributed by atoms with Crippen molar-refractivity contribution >= 4 is 28.4 Å². The van der Waals surface area contributed by atoms with Gasteiger partial charge < -0.3 is 10.4 Å². The molecule has 2 rings (SSSR count). The fraction of sp³-hybridized carbons (Fsp3) is 0.333. The Labute approximate surface area is 122 Å².